The van der Waals surface area contributed by atoms with Crippen LogP contribution >= 0.6 is 35.7 Å². The zero-order valence-electron chi connectivity index (χ0n) is 11.2. The third kappa shape index (κ3) is 7.39. The summed E-state index contributed by atoms with van der Waals surface area (Å²) < 4.78 is 0. The van der Waals surface area contributed by atoms with Gasteiger partial charge in [-0.25, -0.2) is 0 Å². The van der Waals surface area contributed by atoms with Crippen LogP contribution in [0.25, 0.3) is 0 Å². The Labute approximate surface area is 127 Å². The van der Waals surface area contributed by atoms with Crippen molar-refractivity contribution in [2.24, 2.45) is 10.9 Å². The number of halogens is 1. The molecule has 1 rings (SSSR count). The fraction of sp³-hybridized carbons (Fsp3) is 0.917. The van der Waals surface area contributed by atoms with E-state index in [9.17, 15) is 0 Å². The molecule has 0 saturated heterocycles. The maximum Gasteiger partial charge on any atom is 0.191 e. The number of hydrogen-bond donors (Lipinski definition) is 2. The lowest BCUT2D eigenvalue weighted by Crippen LogP contribution is -2.45. The molecule has 1 saturated carbocycles. The van der Waals surface area contributed by atoms with Gasteiger partial charge in [0.05, 0.1) is 0 Å². The van der Waals surface area contributed by atoms with Crippen LogP contribution in [0.4, 0.5) is 0 Å². The van der Waals surface area contributed by atoms with Crippen LogP contribution in [-0.2, 0) is 0 Å². The van der Waals surface area contributed by atoms with Crippen molar-refractivity contribution in [3.8, 4) is 0 Å². The minimum atomic E-state index is 0. The van der Waals surface area contributed by atoms with E-state index in [1.54, 1.807) is 0 Å². The van der Waals surface area contributed by atoms with Gasteiger partial charge < -0.3 is 10.6 Å². The molecule has 1 fully saturated rings. The van der Waals surface area contributed by atoms with Gasteiger partial charge in [-0.15, -0.1) is 24.0 Å². The molecule has 5 heteroatoms. The first-order valence-corrected chi connectivity index (χ1v) is 7.61. The van der Waals surface area contributed by atoms with Gasteiger partial charge in [0.25, 0.3) is 0 Å². The predicted molar refractivity (Wildman–Crippen MR) is 89.7 cm³/mol. The van der Waals surface area contributed by atoms with Gasteiger partial charge in [0.1, 0.15) is 0 Å². The van der Waals surface area contributed by atoms with E-state index in [4.69, 9.17) is 0 Å². The molecule has 3 nitrogen and oxygen atoms in total. The van der Waals surface area contributed by atoms with E-state index in [1.165, 1.54) is 25.7 Å². The summed E-state index contributed by atoms with van der Waals surface area (Å²) in [5.74, 6) is 3.00. The number of aliphatic imine (C=N–C) groups is 1. The SMILES string of the molecule is CN=C(NCCSC)NC1CCC(C)CC1.I. The third-order valence-corrected chi connectivity index (χ3v) is 3.79. The Morgan fingerprint density at radius 2 is 1.94 bits per heavy atom. The number of nitrogens with one attached hydrogen (secondary N) is 2. The van der Waals surface area contributed by atoms with E-state index >= 15 is 0 Å². The van der Waals surface area contributed by atoms with Crippen molar-refractivity contribution < 1.29 is 0 Å². The molecule has 0 aromatic carbocycles. The number of guanidine groups is 1. The maximum absolute atomic E-state index is 4.26. The summed E-state index contributed by atoms with van der Waals surface area (Å²) in [6.45, 7) is 3.34. The minimum Gasteiger partial charge on any atom is -0.356 e. The van der Waals surface area contributed by atoms with E-state index in [0.717, 1.165) is 24.2 Å². The number of nitrogens with zero attached hydrogens (tertiary/aromatic N) is 1. The molecule has 0 spiro atoms. The summed E-state index contributed by atoms with van der Waals surface area (Å²) >= 11 is 1.86. The molecule has 0 atom stereocenters. The summed E-state index contributed by atoms with van der Waals surface area (Å²) in [7, 11) is 1.85. The molecule has 0 bridgehead atoms. The van der Waals surface area contributed by atoms with Crippen molar-refractivity contribution in [1.29, 1.82) is 0 Å². The molecule has 0 heterocycles. The Hall–Kier alpha value is 0.350. The largest absolute Gasteiger partial charge is 0.356 e. The highest BCUT2D eigenvalue weighted by Crippen LogP contribution is 2.23. The fourth-order valence-electron chi connectivity index (χ4n) is 2.06. The number of hydrogen-bond acceptors (Lipinski definition) is 2. The molecular weight excluding hydrogens is 345 g/mol. The van der Waals surface area contributed by atoms with Crippen molar-refractivity contribution in [2.75, 3.05) is 25.6 Å². The van der Waals surface area contributed by atoms with E-state index in [0.29, 0.717) is 6.04 Å². The topological polar surface area (TPSA) is 36.4 Å². The van der Waals surface area contributed by atoms with Crippen LogP contribution in [0.5, 0.6) is 0 Å². The van der Waals surface area contributed by atoms with Crippen molar-refractivity contribution in [3.05, 3.63) is 0 Å². The summed E-state index contributed by atoms with van der Waals surface area (Å²) in [6.07, 6.45) is 7.38. The monoisotopic (exact) mass is 371 g/mol. The average molecular weight is 371 g/mol. The molecule has 1 aliphatic carbocycles. The van der Waals surface area contributed by atoms with Crippen LogP contribution in [0, 0.1) is 5.92 Å². The van der Waals surface area contributed by atoms with Gasteiger partial charge in [-0.3, -0.25) is 4.99 Å². The molecule has 0 amide bonds. The first-order valence-electron chi connectivity index (χ1n) is 6.22. The van der Waals surface area contributed by atoms with Gasteiger partial charge in [0.15, 0.2) is 5.96 Å². The van der Waals surface area contributed by atoms with Gasteiger partial charge in [0.2, 0.25) is 0 Å². The van der Waals surface area contributed by atoms with E-state index in [2.05, 4.69) is 28.8 Å². The van der Waals surface area contributed by atoms with Crippen molar-refractivity contribution in [1.82, 2.24) is 10.6 Å². The Balaban J connectivity index is 0.00000256. The highest BCUT2D eigenvalue weighted by molar-refractivity contribution is 14.0. The van der Waals surface area contributed by atoms with Crippen LogP contribution < -0.4 is 10.6 Å². The summed E-state index contributed by atoms with van der Waals surface area (Å²) in [5.41, 5.74) is 0. The lowest BCUT2D eigenvalue weighted by atomic mass is 9.87. The summed E-state index contributed by atoms with van der Waals surface area (Å²) in [4.78, 5) is 4.26. The number of rotatable bonds is 4. The average Bonchev–Trinajstić information content (AvgIpc) is 2.31. The molecule has 17 heavy (non-hydrogen) atoms. The van der Waals surface area contributed by atoms with E-state index in [1.807, 2.05) is 18.8 Å². The maximum atomic E-state index is 4.26. The minimum absolute atomic E-state index is 0. The predicted octanol–water partition coefficient (Wildman–Crippen LogP) is 2.71. The molecule has 0 aromatic rings. The van der Waals surface area contributed by atoms with Gasteiger partial charge in [0, 0.05) is 25.4 Å². The molecule has 0 radical (unpaired) electrons. The molecule has 0 aliphatic heterocycles. The smallest absolute Gasteiger partial charge is 0.191 e. The second kappa shape index (κ2) is 10.3. The van der Waals surface area contributed by atoms with Gasteiger partial charge in [-0.05, 0) is 37.9 Å². The molecule has 102 valence electrons. The molecule has 1 aliphatic rings. The Kier molecular flexibility index (Phi) is 10.5. The Bertz CT molecular complexity index is 216. The molecular formula is C12H26IN3S. The highest BCUT2D eigenvalue weighted by atomic mass is 127. The number of thioether (sulfide) groups is 1. The molecule has 0 aromatic heterocycles. The Morgan fingerprint density at radius 1 is 1.29 bits per heavy atom. The van der Waals surface area contributed by atoms with Crippen LogP contribution in [-0.4, -0.2) is 37.6 Å². The second-order valence-electron chi connectivity index (χ2n) is 4.59. The van der Waals surface area contributed by atoms with Gasteiger partial charge in [-0.1, -0.05) is 6.92 Å². The fourth-order valence-corrected chi connectivity index (χ4v) is 2.37. The summed E-state index contributed by atoms with van der Waals surface area (Å²) in [6, 6.07) is 0.622. The standard InChI is InChI=1S/C12H25N3S.HI/c1-10-4-6-11(7-5-10)15-12(13-2)14-8-9-16-3;/h10-11H,4-9H2,1-3H3,(H2,13,14,15);1H. The zero-order valence-corrected chi connectivity index (χ0v) is 14.3. The summed E-state index contributed by atoms with van der Waals surface area (Å²) in [5, 5.41) is 6.86. The van der Waals surface area contributed by atoms with Crippen molar-refractivity contribution in [2.45, 2.75) is 38.6 Å². The third-order valence-electron chi connectivity index (χ3n) is 3.18. The molecule has 0 unspecified atom stereocenters. The van der Waals surface area contributed by atoms with Crippen LogP contribution in [0.3, 0.4) is 0 Å². The lowest BCUT2D eigenvalue weighted by molar-refractivity contribution is 0.329. The normalized spacial score (nSPS) is 25.0. The van der Waals surface area contributed by atoms with Gasteiger partial charge in [-0.2, -0.15) is 11.8 Å². The lowest BCUT2D eigenvalue weighted by Gasteiger charge is -2.28. The molecule has 2 N–H and O–H groups in total. The van der Waals surface area contributed by atoms with Gasteiger partial charge >= 0.3 is 0 Å². The van der Waals surface area contributed by atoms with Crippen LogP contribution in [0.1, 0.15) is 32.6 Å². The Morgan fingerprint density at radius 3 is 2.47 bits per heavy atom. The second-order valence-corrected chi connectivity index (χ2v) is 5.58. The zero-order chi connectivity index (χ0) is 11.8. The van der Waals surface area contributed by atoms with Crippen molar-refractivity contribution >= 4 is 41.7 Å². The van der Waals surface area contributed by atoms with E-state index in [-0.39, 0.29) is 24.0 Å². The van der Waals surface area contributed by atoms with Crippen LogP contribution in [0.15, 0.2) is 4.99 Å². The quantitative estimate of drug-likeness (QED) is 0.345. The highest BCUT2D eigenvalue weighted by Gasteiger charge is 2.18. The first-order chi connectivity index (χ1) is 7.76. The van der Waals surface area contributed by atoms with Crippen LogP contribution in [0.2, 0.25) is 0 Å². The van der Waals surface area contributed by atoms with Crippen molar-refractivity contribution in [3.63, 3.8) is 0 Å². The van der Waals surface area contributed by atoms with E-state index < -0.39 is 0 Å². The first kappa shape index (κ1) is 17.4.